The maximum Gasteiger partial charge on any atom is 0.412 e. The number of carbonyl (C=O) groups excluding carboxylic acids is 1. The van der Waals surface area contributed by atoms with Gasteiger partial charge in [-0.3, -0.25) is 4.90 Å². The van der Waals surface area contributed by atoms with E-state index in [1.165, 1.54) is 0 Å². The second kappa shape index (κ2) is 5.50. The average molecular weight is 298 g/mol. The van der Waals surface area contributed by atoms with E-state index in [1.807, 2.05) is 34.6 Å². The van der Waals surface area contributed by atoms with Crippen LogP contribution in [0.5, 0.6) is 0 Å². The third kappa shape index (κ3) is 3.50. The normalized spacial score (nSPS) is 26.6. The van der Waals surface area contributed by atoms with E-state index >= 15 is 0 Å². The number of hydrogen-bond acceptors (Lipinski definition) is 4. The lowest BCUT2D eigenvalue weighted by Gasteiger charge is -2.41. The third-order valence-corrected chi connectivity index (χ3v) is 3.72. The van der Waals surface area contributed by atoms with Crippen molar-refractivity contribution in [3.63, 3.8) is 0 Å². The highest BCUT2D eigenvalue weighted by Crippen LogP contribution is 2.40. The zero-order valence-electron chi connectivity index (χ0n) is 14.9. The minimum atomic E-state index is -0.574. The quantitative estimate of drug-likeness (QED) is 0.739. The molecule has 0 spiro atoms. The topological polar surface area (TPSA) is 51.1 Å². The molecule has 0 aromatic heterocycles. The fraction of sp³-hybridized carbons (Fsp3) is 0.875. The summed E-state index contributed by atoms with van der Waals surface area (Å²) in [6.07, 6.45) is 0.0701. The van der Waals surface area contributed by atoms with E-state index in [-0.39, 0.29) is 17.7 Å². The highest BCUT2D eigenvalue weighted by atomic mass is 16.6. The molecule has 0 bridgehead atoms. The lowest BCUT2D eigenvalue weighted by molar-refractivity contribution is -0.0127. The van der Waals surface area contributed by atoms with Crippen LogP contribution in [0.25, 0.3) is 0 Å². The molecule has 0 saturated heterocycles. The molecule has 2 atom stereocenters. The maximum absolute atomic E-state index is 12.7. The molecular weight excluding hydrogens is 268 g/mol. The third-order valence-electron chi connectivity index (χ3n) is 3.72. The first kappa shape index (κ1) is 17.8. The first-order chi connectivity index (χ1) is 9.36. The molecular formula is C16H30N2O3. The van der Waals surface area contributed by atoms with Crippen LogP contribution >= 0.6 is 0 Å². The smallest absolute Gasteiger partial charge is 0.412 e. The van der Waals surface area contributed by atoms with Crippen LogP contribution in [0.15, 0.2) is 4.99 Å². The summed E-state index contributed by atoms with van der Waals surface area (Å²) in [5.41, 5.74) is -1.31. The van der Waals surface area contributed by atoms with Gasteiger partial charge in [0.2, 0.25) is 5.90 Å². The molecule has 0 N–H and O–H groups in total. The molecule has 1 amide bonds. The Balaban J connectivity index is 3.25. The molecule has 0 saturated carbocycles. The zero-order valence-corrected chi connectivity index (χ0v) is 14.9. The molecule has 5 nitrogen and oxygen atoms in total. The standard InChI is InChI=1S/C16H30N2O3/c1-10-16(8)12(20-9)17-11(14(2,3)4)18(16)13(19)21-15(5,6)7/h11H,10H2,1-9H3/t11-,16-/m1/s1. The van der Waals surface area contributed by atoms with Gasteiger partial charge >= 0.3 is 6.09 Å². The maximum atomic E-state index is 12.7. The number of ether oxygens (including phenoxy) is 2. The fourth-order valence-corrected chi connectivity index (χ4v) is 2.47. The second-order valence-electron chi connectivity index (χ2n) is 7.86. The predicted molar refractivity (Wildman–Crippen MR) is 84.5 cm³/mol. The number of aliphatic imine (C=N–C) groups is 1. The number of nitrogens with zero attached hydrogens (tertiary/aromatic N) is 2. The first-order valence-corrected chi connectivity index (χ1v) is 7.51. The van der Waals surface area contributed by atoms with Crippen molar-refractivity contribution in [2.45, 2.75) is 79.1 Å². The van der Waals surface area contributed by atoms with Crippen molar-refractivity contribution in [3.05, 3.63) is 0 Å². The molecule has 1 rings (SSSR count). The Bertz CT molecular complexity index is 432. The summed E-state index contributed by atoms with van der Waals surface area (Å²) in [6.45, 7) is 15.8. The zero-order chi connectivity index (χ0) is 16.6. The van der Waals surface area contributed by atoms with Crippen molar-refractivity contribution in [2.24, 2.45) is 10.4 Å². The summed E-state index contributed by atoms with van der Waals surface area (Å²) in [5.74, 6) is 0.593. The van der Waals surface area contributed by atoms with E-state index in [9.17, 15) is 4.79 Å². The van der Waals surface area contributed by atoms with Crippen molar-refractivity contribution in [1.29, 1.82) is 0 Å². The van der Waals surface area contributed by atoms with Gasteiger partial charge in [0.05, 0.1) is 7.11 Å². The summed E-state index contributed by atoms with van der Waals surface area (Å²) in [4.78, 5) is 19.1. The Morgan fingerprint density at radius 2 is 1.81 bits per heavy atom. The summed E-state index contributed by atoms with van der Waals surface area (Å²) in [6, 6.07) is 0. The Hall–Kier alpha value is -1.26. The molecule has 5 heteroatoms. The van der Waals surface area contributed by atoms with Gasteiger partial charge in [-0.25, -0.2) is 9.79 Å². The largest absolute Gasteiger partial charge is 0.483 e. The van der Waals surface area contributed by atoms with Crippen LogP contribution in [0.1, 0.15) is 61.8 Å². The van der Waals surface area contributed by atoms with Crippen LogP contribution in [0.4, 0.5) is 4.79 Å². The molecule has 0 aromatic rings. The van der Waals surface area contributed by atoms with Crippen LogP contribution in [0.2, 0.25) is 0 Å². The number of rotatable bonds is 1. The molecule has 0 aromatic carbocycles. The summed E-state index contributed by atoms with van der Waals surface area (Å²) in [7, 11) is 1.60. The Morgan fingerprint density at radius 1 is 1.29 bits per heavy atom. The average Bonchev–Trinajstić information content (AvgIpc) is 2.60. The first-order valence-electron chi connectivity index (χ1n) is 7.51. The monoisotopic (exact) mass is 298 g/mol. The van der Waals surface area contributed by atoms with Crippen molar-refractivity contribution in [3.8, 4) is 0 Å². The van der Waals surface area contributed by atoms with E-state index in [0.717, 1.165) is 0 Å². The van der Waals surface area contributed by atoms with E-state index in [2.05, 4.69) is 25.8 Å². The molecule has 122 valence electrons. The lowest BCUT2D eigenvalue weighted by Crippen LogP contribution is -2.57. The van der Waals surface area contributed by atoms with Crippen molar-refractivity contribution in [2.75, 3.05) is 7.11 Å². The van der Waals surface area contributed by atoms with Gasteiger partial charge in [-0.05, 0) is 34.1 Å². The van der Waals surface area contributed by atoms with Gasteiger partial charge in [-0.15, -0.1) is 0 Å². The van der Waals surface area contributed by atoms with Gasteiger partial charge < -0.3 is 9.47 Å². The molecule has 0 radical (unpaired) electrons. The van der Waals surface area contributed by atoms with Gasteiger partial charge in [-0.1, -0.05) is 27.7 Å². The lowest BCUT2D eigenvalue weighted by atomic mass is 9.89. The highest BCUT2D eigenvalue weighted by molar-refractivity contribution is 5.92. The van der Waals surface area contributed by atoms with Crippen molar-refractivity contribution >= 4 is 12.0 Å². The van der Waals surface area contributed by atoms with Gasteiger partial charge in [0.25, 0.3) is 0 Å². The SMILES string of the molecule is CC[C@]1(C)C(OC)=N[C@@H](C(C)(C)C)N1C(=O)OC(C)(C)C. The van der Waals surface area contributed by atoms with Crippen molar-refractivity contribution < 1.29 is 14.3 Å². The molecule has 1 aliphatic rings. The summed E-state index contributed by atoms with van der Waals surface area (Å²) in [5, 5.41) is 0. The molecule has 0 aliphatic carbocycles. The van der Waals surface area contributed by atoms with Crippen LogP contribution < -0.4 is 0 Å². The van der Waals surface area contributed by atoms with Crippen LogP contribution in [0.3, 0.4) is 0 Å². The molecule has 0 fully saturated rings. The van der Waals surface area contributed by atoms with Crippen LogP contribution in [-0.2, 0) is 9.47 Å². The van der Waals surface area contributed by atoms with Crippen molar-refractivity contribution in [1.82, 2.24) is 4.90 Å². The summed E-state index contributed by atoms with van der Waals surface area (Å²) >= 11 is 0. The molecule has 1 heterocycles. The van der Waals surface area contributed by atoms with Crippen LogP contribution in [-0.4, -0.2) is 41.3 Å². The number of amides is 1. The second-order valence-corrected chi connectivity index (χ2v) is 7.86. The van der Waals surface area contributed by atoms with E-state index < -0.39 is 11.1 Å². The molecule has 21 heavy (non-hydrogen) atoms. The highest BCUT2D eigenvalue weighted by Gasteiger charge is 2.53. The van der Waals surface area contributed by atoms with E-state index in [1.54, 1.807) is 12.0 Å². The predicted octanol–water partition coefficient (Wildman–Crippen LogP) is 3.82. The number of methoxy groups -OCH3 is 1. The van der Waals surface area contributed by atoms with Gasteiger partial charge in [-0.2, -0.15) is 0 Å². The molecule has 0 unspecified atom stereocenters. The molecule has 1 aliphatic heterocycles. The van der Waals surface area contributed by atoms with Gasteiger partial charge in [0.1, 0.15) is 17.3 Å². The minimum Gasteiger partial charge on any atom is -0.483 e. The number of hydrogen-bond donors (Lipinski definition) is 0. The fourth-order valence-electron chi connectivity index (χ4n) is 2.47. The Labute approximate surface area is 128 Å². The van der Waals surface area contributed by atoms with Gasteiger partial charge in [0, 0.05) is 5.41 Å². The van der Waals surface area contributed by atoms with E-state index in [4.69, 9.17) is 9.47 Å². The minimum absolute atomic E-state index is 0.201. The summed E-state index contributed by atoms with van der Waals surface area (Å²) < 4.78 is 11.0. The number of carbonyl (C=O) groups is 1. The Morgan fingerprint density at radius 3 is 2.14 bits per heavy atom. The van der Waals surface area contributed by atoms with E-state index in [0.29, 0.717) is 12.3 Å². The van der Waals surface area contributed by atoms with Gasteiger partial charge in [0.15, 0.2) is 0 Å². The van der Waals surface area contributed by atoms with Crippen LogP contribution in [0, 0.1) is 5.41 Å². The Kier molecular flexibility index (Phi) is 4.66.